The second kappa shape index (κ2) is 9.22. The molecule has 2 N–H and O–H groups in total. The van der Waals surface area contributed by atoms with Crippen molar-refractivity contribution >= 4 is 38.5 Å². The molecule has 0 fully saturated rings. The minimum atomic E-state index is 0.258. The van der Waals surface area contributed by atoms with Crippen LogP contribution in [-0.2, 0) is 13.1 Å². The van der Waals surface area contributed by atoms with Crippen LogP contribution in [0.25, 0.3) is 10.9 Å². The summed E-state index contributed by atoms with van der Waals surface area (Å²) < 4.78 is 11.5. The Kier molecular flexibility index (Phi) is 6.23. The van der Waals surface area contributed by atoms with E-state index >= 15 is 0 Å². The lowest BCUT2D eigenvalue weighted by molar-refractivity contribution is 0.414. The van der Waals surface area contributed by atoms with E-state index in [0.29, 0.717) is 13.1 Å². The highest BCUT2D eigenvalue weighted by molar-refractivity contribution is 9.10. The fourth-order valence-corrected chi connectivity index (χ4v) is 3.92. The largest absolute Gasteiger partial charge is 0.497 e. The number of nitrogens with two attached hydrogens (primary N) is 1. The van der Waals surface area contributed by atoms with Gasteiger partial charge < -0.3 is 20.1 Å². The molecule has 0 radical (unpaired) electrons. The molecule has 0 bridgehead atoms. The first-order chi connectivity index (χ1) is 15.1. The average Bonchev–Trinajstić information content (AvgIpc) is 2.78. The summed E-state index contributed by atoms with van der Waals surface area (Å²) in [5.74, 6) is 1.93. The topological polar surface area (TPSA) is 73.5 Å². The summed E-state index contributed by atoms with van der Waals surface area (Å²) in [4.78, 5) is 10.9. The number of methoxy groups -OCH3 is 2. The first-order valence-electron chi connectivity index (χ1n) is 9.78. The summed E-state index contributed by atoms with van der Waals surface area (Å²) in [5.41, 5.74) is 9.98. The lowest BCUT2D eigenvalue weighted by atomic mass is 10.1. The molecule has 6 nitrogen and oxygen atoms in total. The molecule has 0 amide bonds. The zero-order chi connectivity index (χ0) is 21.8. The predicted molar refractivity (Wildman–Crippen MR) is 128 cm³/mol. The molecule has 0 spiro atoms. The van der Waals surface area contributed by atoms with Gasteiger partial charge in [0.1, 0.15) is 11.5 Å². The summed E-state index contributed by atoms with van der Waals surface area (Å²) in [6.45, 7) is 1.40. The van der Waals surface area contributed by atoms with Crippen LogP contribution in [0.3, 0.4) is 0 Å². The molecule has 31 heavy (non-hydrogen) atoms. The number of aromatic nitrogens is 2. The number of fused-ring (bicyclic) bond motifs is 1. The zero-order valence-corrected chi connectivity index (χ0v) is 19.0. The van der Waals surface area contributed by atoms with E-state index in [-0.39, 0.29) is 5.95 Å². The van der Waals surface area contributed by atoms with Crippen molar-refractivity contribution < 1.29 is 9.47 Å². The maximum absolute atomic E-state index is 5.83. The van der Waals surface area contributed by atoms with E-state index < -0.39 is 0 Å². The smallest absolute Gasteiger partial charge is 0.220 e. The van der Waals surface area contributed by atoms with Gasteiger partial charge in [-0.05, 0) is 47.5 Å². The van der Waals surface area contributed by atoms with Crippen LogP contribution in [0, 0.1) is 0 Å². The van der Waals surface area contributed by atoms with Gasteiger partial charge in [0.15, 0.2) is 0 Å². The van der Waals surface area contributed by atoms with Gasteiger partial charge in [0, 0.05) is 34.8 Å². The number of rotatable bonds is 7. The highest BCUT2D eigenvalue weighted by Gasteiger charge is 2.15. The van der Waals surface area contributed by atoms with Crippen molar-refractivity contribution in [2.75, 3.05) is 24.9 Å². The van der Waals surface area contributed by atoms with Crippen LogP contribution in [0.2, 0.25) is 0 Å². The number of ether oxygens (including phenoxy) is 2. The van der Waals surface area contributed by atoms with Gasteiger partial charge in [0.2, 0.25) is 5.95 Å². The molecule has 3 aromatic carbocycles. The van der Waals surface area contributed by atoms with E-state index in [0.717, 1.165) is 32.6 Å². The van der Waals surface area contributed by atoms with Crippen molar-refractivity contribution in [3.05, 3.63) is 82.5 Å². The SMILES string of the molecule is COc1ccc(CN(Cc2ccc(OC)cc2)c2cc(Br)cc3nc(N)ncc23)cc1. The van der Waals surface area contributed by atoms with Crippen LogP contribution < -0.4 is 20.1 Å². The Bertz CT molecular complexity index is 1130. The monoisotopic (exact) mass is 478 g/mol. The van der Waals surface area contributed by atoms with Crippen molar-refractivity contribution in [2.45, 2.75) is 13.1 Å². The maximum Gasteiger partial charge on any atom is 0.220 e. The van der Waals surface area contributed by atoms with E-state index in [1.54, 1.807) is 20.4 Å². The Labute approximate surface area is 189 Å². The number of hydrogen-bond acceptors (Lipinski definition) is 6. The quantitative estimate of drug-likeness (QED) is 0.393. The molecule has 0 saturated carbocycles. The number of anilines is 2. The molecule has 1 aromatic heterocycles. The molecule has 7 heteroatoms. The number of benzene rings is 3. The standard InChI is InChI=1S/C24H23BrN4O2/c1-30-19-7-3-16(4-8-19)14-29(15-17-5-9-20(31-2)10-6-17)23-12-18(25)11-22-21(23)13-27-24(26)28-22/h3-13H,14-15H2,1-2H3,(H2,26,27,28). The molecule has 1 heterocycles. The molecule has 0 atom stereocenters. The average molecular weight is 479 g/mol. The molecule has 0 saturated heterocycles. The van der Waals surface area contributed by atoms with Crippen LogP contribution in [0.15, 0.2) is 71.3 Å². The van der Waals surface area contributed by atoms with Crippen LogP contribution >= 0.6 is 15.9 Å². The minimum absolute atomic E-state index is 0.258. The van der Waals surface area contributed by atoms with Crippen molar-refractivity contribution in [3.63, 3.8) is 0 Å². The molecule has 0 aliphatic rings. The van der Waals surface area contributed by atoms with E-state index in [9.17, 15) is 0 Å². The third-order valence-electron chi connectivity index (χ3n) is 5.07. The Balaban J connectivity index is 1.76. The molecular formula is C24H23BrN4O2. The zero-order valence-electron chi connectivity index (χ0n) is 17.4. The predicted octanol–water partition coefficient (Wildman–Crippen LogP) is 5.20. The van der Waals surface area contributed by atoms with Gasteiger partial charge in [-0.25, -0.2) is 9.97 Å². The molecule has 0 aliphatic carbocycles. The number of hydrogen-bond donors (Lipinski definition) is 1. The summed E-state index contributed by atoms with van der Waals surface area (Å²) in [6.07, 6.45) is 1.79. The van der Waals surface area contributed by atoms with Gasteiger partial charge in [-0.3, -0.25) is 0 Å². The first-order valence-corrected chi connectivity index (χ1v) is 10.6. The van der Waals surface area contributed by atoms with Crippen molar-refractivity contribution in [3.8, 4) is 11.5 Å². The molecule has 0 aliphatic heterocycles. The van der Waals surface area contributed by atoms with Crippen LogP contribution in [0.5, 0.6) is 11.5 Å². The normalized spacial score (nSPS) is 10.8. The van der Waals surface area contributed by atoms with Gasteiger partial charge in [0.25, 0.3) is 0 Å². The molecule has 0 unspecified atom stereocenters. The van der Waals surface area contributed by atoms with E-state index in [1.807, 2.05) is 30.3 Å². The summed E-state index contributed by atoms with van der Waals surface area (Å²) >= 11 is 3.62. The highest BCUT2D eigenvalue weighted by Crippen LogP contribution is 2.32. The van der Waals surface area contributed by atoms with E-state index in [1.165, 1.54) is 11.1 Å². The van der Waals surface area contributed by atoms with E-state index in [2.05, 4.69) is 61.1 Å². The Morgan fingerprint density at radius 3 is 1.94 bits per heavy atom. The van der Waals surface area contributed by atoms with Crippen LogP contribution in [0.4, 0.5) is 11.6 Å². The number of halogens is 1. The van der Waals surface area contributed by atoms with E-state index in [4.69, 9.17) is 15.2 Å². The summed E-state index contributed by atoms with van der Waals surface area (Å²) in [7, 11) is 3.34. The third kappa shape index (κ3) is 4.88. The maximum atomic E-state index is 5.83. The minimum Gasteiger partial charge on any atom is -0.497 e. The van der Waals surface area contributed by atoms with Gasteiger partial charge in [-0.2, -0.15) is 0 Å². The lowest BCUT2D eigenvalue weighted by Gasteiger charge is -2.27. The van der Waals surface area contributed by atoms with Gasteiger partial charge in [-0.1, -0.05) is 40.2 Å². The van der Waals surface area contributed by atoms with Crippen LogP contribution in [0.1, 0.15) is 11.1 Å². The van der Waals surface area contributed by atoms with Gasteiger partial charge >= 0.3 is 0 Å². The molecular weight excluding hydrogens is 456 g/mol. The van der Waals surface area contributed by atoms with Gasteiger partial charge in [-0.15, -0.1) is 0 Å². The lowest BCUT2D eigenvalue weighted by Crippen LogP contribution is -2.22. The molecule has 4 aromatic rings. The van der Waals surface area contributed by atoms with Crippen molar-refractivity contribution in [1.29, 1.82) is 0 Å². The number of nitrogen functional groups attached to an aromatic ring is 1. The molecule has 158 valence electrons. The summed E-state index contributed by atoms with van der Waals surface area (Å²) in [6, 6.07) is 20.3. The van der Waals surface area contributed by atoms with Gasteiger partial charge in [0.05, 0.1) is 19.7 Å². The first kappa shape index (κ1) is 20.9. The fourth-order valence-electron chi connectivity index (χ4n) is 3.49. The second-order valence-corrected chi connectivity index (χ2v) is 8.05. The second-order valence-electron chi connectivity index (χ2n) is 7.14. The van der Waals surface area contributed by atoms with Crippen LogP contribution in [-0.4, -0.2) is 24.2 Å². The Hall–Kier alpha value is -3.32. The fraction of sp³-hybridized carbons (Fsp3) is 0.167. The molecule has 4 rings (SSSR count). The number of nitrogens with zero attached hydrogens (tertiary/aromatic N) is 3. The van der Waals surface area contributed by atoms with Crippen molar-refractivity contribution in [2.24, 2.45) is 0 Å². The van der Waals surface area contributed by atoms with Crippen molar-refractivity contribution in [1.82, 2.24) is 9.97 Å². The summed E-state index contributed by atoms with van der Waals surface area (Å²) in [5, 5.41) is 0.944. The third-order valence-corrected chi connectivity index (χ3v) is 5.53. The Morgan fingerprint density at radius 2 is 1.42 bits per heavy atom. The Morgan fingerprint density at radius 1 is 0.871 bits per heavy atom. The highest BCUT2D eigenvalue weighted by atomic mass is 79.9.